The van der Waals surface area contributed by atoms with Gasteiger partial charge >= 0.3 is 11.3 Å². The highest BCUT2D eigenvalue weighted by molar-refractivity contribution is 5.83. The fraction of sp³-hybridized carbons (Fsp3) is 0.211. The Morgan fingerprint density at radius 3 is 1.51 bits per heavy atom. The Morgan fingerprint density at radius 2 is 1.05 bits per heavy atom. The minimum Gasteiger partial charge on any atom is -0.422 e. The molecule has 216 valence electrons. The van der Waals surface area contributed by atoms with Crippen LogP contribution in [0.15, 0.2) is 115 Å². The summed E-state index contributed by atoms with van der Waals surface area (Å²) < 4.78 is 11.4. The summed E-state index contributed by atoms with van der Waals surface area (Å²) in [6.45, 7) is 4.11. The number of aliphatic hydroxyl groups excluding tert-OH is 1. The van der Waals surface area contributed by atoms with Crippen LogP contribution in [0.2, 0.25) is 0 Å². The van der Waals surface area contributed by atoms with Crippen molar-refractivity contribution >= 4 is 21.9 Å². The average molecular weight is 571 g/mol. The van der Waals surface area contributed by atoms with E-state index in [1.807, 2.05) is 104 Å². The first-order chi connectivity index (χ1) is 20.9. The summed E-state index contributed by atoms with van der Waals surface area (Å²) in [5.41, 5.74) is 7.54. The van der Waals surface area contributed by atoms with Crippen molar-refractivity contribution in [2.24, 2.45) is 0 Å². The number of hydrogen-bond acceptors (Lipinski definition) is 5. The molecule has 0 aliphatic rings. The third-order valence-corrected chi connectivity index (χ3v) is 8.17. The van der Waals surface area contributed by atoms with Crippen molar-refractivity contribution in [3.05, 3.63) is 140 Å². The van der Waals surface area contributed by atoms with Crippen LogP contribution in [-0.4, -0.2) is 11.2 Å². The number of aliphatic hydroxyl groups is 1. The Kier molecular flexibility index (Phi) is 8.08. The molecule has 0 fully saturated rings. The molecule has 0 saturated carbocycles. The summed E-state index contributed by atoms with van der Waals surface area (Å²) in [5.74, 6) is 0. The summed E-state index contributed by atoms with van der Waals surface area (Å²) in [6.07, 6.45) is 2.94. The Bertz CT molecular complexity index is 2010. The molecule has 0 bridgehead atoms. The van der Waals surface area contributed by atoms with Gasteiger partial charge in [-0.2, -0.15) is 0 Å². The Balaban J connectivity index is 1.08. The lowest BCUT2D eigenvalue weighted by atomic mass is 9.99. The molecular formula is C38H34O5. The first kappa shape index (κ1) is 28.4. The number of benzene rings is 4. The molecule has 43 heavy (non-hydrogen) atoms. The first-order valence-electron chi connectivity index (χ1n) is 14.8. The Hall–Kier alpha value is -4.74. The molecule has 1 unspecified atom stereocenters. The molecule has 1 atom stereocenters. The molecule has 0 spiro atoms. The Labute approximate surface area is 250 Å². The van der Waals surface area contributed by atoms with E-state index in [0.717, 1.165) is 45.0 Å². The number of fused-ring (bicyclic) bond motifs is 2. The van der Waals surface area contributed by atoms with Gasteiger partial charge in [0.05, 0.1) is 17.2 Å². The van der Waals surface area contributed by atoms with Gasteiger partial charge in [-0.15, -0.1) is 0 Å². The zero-order chi connectivity index (χ0) is 29.9. The maximum absolute atomic E-state index is 12.7. The van der Waals surface area contributed by atoms with Gasteiger partial charge in [0, 0.05) is 10.8 Å². The first-order valence-corrected chi connectivity index (χ1v) is 14.8. The summed E-state index contributed by atoms with van der Waals surface area (Å²) in [6, 6.07) is 31.3. The SMILES string of the molecule is CCc1ccc(-c2cc3ccc(CCC(O)CCc4ccc5cc(-c6ccc(C)cc6)c(=O)oc5c4)cc3oc2=O)cc1. The lowest BCUT2D eigenvalue weighted by Crippen LogP contribution is -2.09. The second-order valence-corrected chi connectivity index (χ2v) is 11.3. The average Bonchev–Trinajstić information content (AvgIpc) is 3.02. The molecule has 6 aromatic rings. The fourth-order valence-electron chi connectivity index (χ4n) is 5.49. The van der Waals surface area contributed by atoms with Crippen LogP contribution in [0.25, 0.3) is 44.2 Å². The van der Waals surface area contributed by atoms with Crippen molar-refractivity contribution in [2.75, 3.05) is 0 Å². The van der Waals surface area contributed by atoms with Crippen molar-refractivity contribution in [3.8, 4) is 22.3 Å². The van der Waals surface area contributed by atoms with Crippen molar-refractivity contribution in [1.82, 2.24) is 0 Å². The monoisotopic (exact) mass is 570 g/mol. The van der Waals surface area contributed by atoms with Gasteiger partial charge in [0.2, 0.25) is 0 Å². The van der Waals surface area contributed by atoms with E-state index in [9.17, 15) is 14.7 Å². The molecule has 0 radical (unpaired) electrons. The summed E-state index contributed by atoms with van der Waals surface area (Å²) >= 11 is 0. The smallest absolute Gasteiger partial charge is 0.344 e. The van der Waals surface area contributed by atoms with Crippen molar-refractivity contribution in [1.29, 1.82) is 0 Å². The molecule has 4 aromatic carbocycles. The van der Waals surface area contributed by atoms with E-state index in [-0.39, 0.29) is 11.3 Å². The highest BCUT2D eigenvalue weighted by Gasteiger charge is 2.12. The van der Waals surface area contributed by atoms with E-state index in [1.165, 1.54) is 5.56 Å². The molecular weight excluding hydrogens is 536 g/mol. The standard InChI is InChI=1S/C38H34O5/c1-3-25-6-14-29(15-7-25)34-23-31-17-9-27(21-36(31)43-38(34)41)11-19-32(39)18-10-26-8-16-30-22-33(37(40)42-35(30)20-26)28-12-4-24(2)5-13-28/h4-9,12-17,20-23,32,39H,3,10-11,18-19H2,1-2H3. The highest BCUT2D eigenvalue weighted by Crippen LogP contribution is 2.25. The minimum atomic E-state index is -0.497. The van der Waals surface area contributed by atoms with Crippen LogP contribution < -0.4 is 11.3 Å². The maximum Gasteiger partial charge on any atom is 0.344 e. The Morgan fingerprint density at radius 1 is 0.605 bits per heavy atom. The van der Waals surface area contributed by atoms with Crippen LogP contribution in [0.4, 0.5) is 0 Å². The van der Waals surface area contributed by atoms with Crippen LogP contribution in [0.3, 0.4) is 0 Å². The summed E-state index contributed by atoms with van der Waals surface area (Å²) in [5, 5.41) is 12.5. The summed E-state index contributed by atoms with van der Waals surface area (Å²) in [4.78, 5) is 25.4. The van der Waals surface area contributed by atoms with Crippen LogP contribution in [0.1, 0.15) is 42.0 Å². The van der Waals surface area contributed by atoms with Crippen molar-refractivity contribution in [2.45, 2.75) is 52.1 Å². The predicted octanol–water partition coefficient (Wildman–Crippen LogP) is 8.03. The third-order valence-electron chi connectivity index (χ3n) is 8.17. The van der Waals surface area contributed by atoms with Crippen LogP contribution in [0, 0.1) is 6.92 Å². The second kappa shape index (κ2) is 12.2. The molecule has 5 nitrogen and oxygen atoms in total. The molecule has 1 N–H and O–H groups in total. The molecule has 5 heteroatoms. The van der Waals surface area contributed by atoms with Gasteiger partial charge in [-0.1, -0.05) is 85.3 Å². The maximum atomic E-state index is 12.7. The van der Waals surface area contributed by atoms with Crippen LogP contribution in [0.5, 0.6) is 0 Å². The molecule has 0 amide bonds. The zero-order valence-electron chi connectivity index (χ0n) is 24.4. The third kappa shape index (κ3) is 6.37. The van der Waals surface area contributed by atoms with E-state index in [1.54, 1.807) is 0 Å². The van der Waals surface area contributed by atoms with E-state index < -0.39 is 6.10 Å². The number of rotatable bonds is 9. The van der Waals surface area contributed by atoms with Gasteiger partial charge in [0.25, 0.3) is 0 Å². The topological polar surface area (TPSA) is 80.7 Å². The van der Waals surface area contributed by atoms with Gasteiger partial charge in [-0.3, -0.25) is 0 Å². The van der Waals surface area contributed by atoms with Gasteiger partial charge in [0.1, 0.15) is 11.2 Å². The van der Waals surface area contributed by atoms with Crippen molar-refractivity contribution < 1.29 is 13.9 Å². The number of hydrogen-bond donors (Lipinski definition) is 1. The van der Waals surface area contributed by atoms with Gasteiger partial charge in [-0.05, 0) is 91.1 Å². The van der Waals surface area contributed by atoms with Gasteiger partial charge < -0.3 is 13.9 Å². The molecule has 0 aliphatic heterocycles. The quantitative estimate of drug-likeness (QED) is 0.178. The van der Waals surface area contributed by atoms with Crippen LogP contribution >= 0.6 is 0 Å². The normalized spacial score (nSPS) is 12.2. The van der Waals surface area contributed by atoms with E-state index in [4.69, 9.17) is 8.83 Å². The highest BCUT2D eigenvalue weighted by atomic mass is 16.4. The van der Waals surface area contributed by atoms with Gasteiger partial charge in [0.15, 0.2) is 0 Å². The van der Waals surface area contributed by atoms with Gasteiger partial charge in [-0.25, -0.2) is 9.59 Å². The lowest BCUT2D eigenvalue weighted by molar-refractivity contribution is 0.155. The molecule has 2 aromatic heterocycles. The van der Waals surface area contributed by atoms with E-state index >= 15 is 0 Å². The predicted molar refractivity (Wildman–Crippen MR) is 173 cm³/mol. The molecule has 6 rings (SSSR count). The van der Waals surface area contributed by atoms with E-state index in [2.05, 4.69) is 6.92 Å². The molecule has 2 heterocycles. The zero-order valence-corrected chi connectivity index (χ0v) is 24.4. The fourth-order valence-corrected chi connectivity index (χ4v) is 5.49. The van der Waals surface area contributed by atoms with E-state index in [0.29, 0.717) is 48.0 Å². The largest absolute Gasteiger partial charge is 0.422 e. The molecule has 0 aliphatic carbocycles. The lowest BCUT2D eigenvalue weighted by Gasteiger charge is -2.11. The second-order valence-electron chi connectivity index (χ2n) is 11.3. The summed E-state index contributed by atoms with van der Waals surface area (Å²) in [7, 11) is 0. The molecule has 0 saturated heterocycles. The van der Waals surface area contributed by atoms with Crippen molar-refractivity contribution in [3.63, 3.8) is 0 Å². The van der Waals surface area contributed by atoms with Crippen LogP contribution in [-0.2, 0) is 19.3 Å². The number of aryl methyl sites for hydroxylation is 4. The minimum absolute atomic E-state index is 0.355.